The van der Waals surface area contributed by atoms with Crippen LogP contribution in [0.5, 0.6) is 0 Å². The van der Waals surface area contributed by atoms with E-state index in [0.29, 0.717) is 6.04 Å². The Morgan fingerprint density at radius 2 is 2.15 bits per heavy atom. The third-order valence-corrected chi connectivity index (χ3v) is 5.63. The fourth-order valence-corrected chi connectivity index (χ4v) is 3.71. The number of aromatic nitrogens is 2. The largest absolute Gasteiger partial charge is 0.469 e. The Balaban J connectivity index is 1.58. The van der Waals surface area contributed by atoms with E-state index < -0.39 is 0 Å². The SMILES string of the molecule is CCc1nsc(N2CCN(C(=NCCc3ccco3)NC(C)CC)CC2)n1. The molecule has 8 heteroatoms. The first-order valence-electron chi connectivity index (χ1n) is 9.85. The van der Waals surface area contributed by atoms with Crippen molar-refractivity contribution in [2.24, 2.45) is 4.99 Å². The summed E-state index contributed by atoms with van der Waals surface area (Å²) in [5, 5.41) is 4.63. The summed E-state index contributed by atoms with van der Waals surface area (Å²) in [6.45, 7) is 11.0. The van der Waals surface area contributed by atoms with Crippen LogP contribution in [0.3, 0.4) is 0 Å². The first-order valence-corrected chi connectivity index (χ1v) is 10.6. The Bertz CT molecular complexity index is 706. The van der Waals surface area contributed by atoms with Gasteiger partial charge in [0.25, 0.3) is 0 Å². The maximum absolute atomic E-state index is 5.42. The molecule has 0 aliphatic carbocycles. The predicted molar refractivity (Wildman–Crippen MR) is 111 cm³/mol. The Kier molecular flexibility index (Phi) is 7.09. The van der Waals surface area contributed by atoms with E-state index in [9.17, 15) is 0 Å². The van der Waals surface area contributed by atoms with Gasteiger partial charge in [0, 0.05) is 63.1 Å². The van der Waals surface area contributed by atoms with Crippen LogP contribution >= 0.6 is 11.5 Å². The van der Waals surface area contributed by atoms with Crippen molar-refractivity contribution in [3.8, 4) is 0 Å². The van der Waals surface area contributed by atoms with Gasteiger partial charge in [-0.05, 0) is 25.5 Å². The molecule has 148 valence electrons. The number of nitrogens with zero attached hydrogens (tertiary/aromatic N) is 5. The summed E-state index contributed by atoms with van der Waals surface area (Å²) >= 11 is 1.51. The fourth-order valence-electron chi connectivity index (χ4n) is 2.91. The van der Waals surface area contributed by atoms with E-state index in [-0.39, 0.29) is 0 Å². The Hall–Kier alpha value is -2.09. The summed E-state index contributed by atoms with van der Waals surface area (Å²) in [6.07, 6.45) is 4.50. The number of nitrogens with one attached hydrogen (secondary N) is 1. The summed E-state index contributed by atoms with van der Waals surface area (Å²) in [5.41, 5.74) is 0. The minimum Gasteiger partial charge on any atom is -0.469 e. The molecule has 2 aromatic rings. The molecule has 2 aromatic heterocycles. The number of guanidine groups is 1. The quantitative estimate of drug-likeness (QED) is 0.579. The van der Waals surface area contributed by atoms with Gasteiger partial charge in [-0.3, -0.25) is 4.99 Å². The van der Waals surface area contributed by atoms with E-state index in [1.165, 1.54) is 11.5 Å². The molecule has 1 saturated heterocycles. The maximum atomic E-state index is 5.42. The topological polar surface area (TPSA) is 69.8 Å². The van der Waals surface area contributed by atoms with Crippen LogP contribution in [0.1, 0.15) is 38.8 Å². The van der Waals surface area contributed by atoms with Gasteiger partial charge in [0.2, 0.25) is 5.13 Å². The highest BCUT2D eigenvalue weighted by Crippen LogP contribution is 2.19. The van der Waals surface area contributed by atoms with Gasteiger partial charge in [-0.1, -0.05) is 13.8 Å². The smallest absolute Gasteiger partial charge is 0.205 e. The molecule has 0 spiro atoms. The molecule has 0 amide bonds. The molecule has 1 fully saturated rings. The number of piperazine rings is 1. The number of hydrogen-bond acceptors (Lipinski definition) is 6. The maximum Gasteiger partial charge on any atom is 0.205 e. The summed E-state index contributed by atoms with van der Waals surface area (Å²) in [6, 6.07) is 4.33. The summed E-state index contributed by atoms with van der Waals surface area (Å²) in [4.78, 5) is 14.2. The van der Waals surface area contributed by atoms with Crippen LogP contribution in [0.2, 0.25) is 0 Å². The molecule has 7 nitrogen and oxygen atoms in total. The lowest BCUT2D eigenvalue weighted by molar-refractivity contribution is 0.365. The van der Waals surface area contributed by atoms with Gasteiger partial charge >= 0.3 is 0 Å². The van der Waals surface area contributed by atoms with Crippen molar-refractivity contribution >= 4 is 22.6 Å². The molecular weight excluding hydrogens is 360 g/mol. The van der Waals surface area contributed by atoms with Gasteiger partial charge in [0.05, 0.1) is 6.26 Å². The van der Waals surface area contributed by atoms with Crippen LogP contribution in [0, 0.1) is 0 Å². The van der Waals surface area contributed by atoms with Crippen molar-refractivity contribution in [3.05, 3.63) is 30.0 Å². The highest BCUT2D eigenvalue weighted by molar-refractivity contribution is 7.09. The molecule has 3 rings (SSSR count). The van der Waals surface area contributed by atoms with Crippen molar-refractivity contribution in [1.82, 2.24) is 19.6 Å². The van der Waals surface area contributed by atoms with E-state index in [4.69, 9.17) is 9.41 Å². The lowest BCUT2D eigenvalue weighted by atomic mass is 10.2. The average Bonchev–Trinajstić information content (AvgIpc) is 3.39. The second-order valence-corrected chi connectivity index (χ2v) is 7.54. The van der Waals surface area contributed by atoms with Gasteiger partial charge in [-0.2, -0.15) is 4.37 Å². The molecule has 1 N–H and O–H groups in total. The second kappa shape index (κ2) is 9.73. The number of furan rings is 1. The molecule has 0 bridgehead atoms. The van der Waals surface area contributed by atoms with E-state index in [2.05, 4.69) is 45.2 Å². The van der Waals surface area contributed by atoms with Crippen molar-refractivity contribution in [3.63, 3.8) is 0 Å². The fraction of sp³-hybridized carbons (Fsp3) is 0.632. The minimum atomic E-state index is 0.403. The number of hydrogen-bond donors (Lipinski definition) is 1. The lowest BCUT2D eigenvalue weighted by Gasteiger charge is -2.37. The Labute approximate surface area is 165 Å². The predicted octanol–water partition coefficient (Wildman–Crippen LogP) is 2.80. The molecule has 0 radical (unpaired) electrons. The van der Waals surface area contributed by atoms with Crippen LogP contribution < -0.4 is 10.2 Å². The van der Waals surface area contributed by atoms with Gasteiger partial charge < -0.3 is 19.5 Å². The van der Waals surface area contributed by atoms with Crippen LogP contribution in [-0.2, 0) is 12.8 Å². The second-order valence-electron chi connectivity index (χ2n) is 6.81. The highest BCUT2D eigenvalue weighted by atomic mass is 32.1. The third-order valence-electron chi connectivity index (χ3n) is 4.81. The molecule has 1 unspecified atom stereocenters. The molecule has 1 atom stereocenters. The van der Waals surface area contributed by atoms with Gasteiger partial charge in [0.15, 0.2) is 5.96 Å². The number of anilines is 1. The van der Waals surface area contributed by atoms with Crippen molar-refractivity contribution < 1.29 is 4.42 Å². The first kappa shape index (κ1) is 19.7. The van der Waals surface area contributed by atoms with Crippen LogP contribution in [0.15, 0.2) is 27.8 Å². The molecule has 1 aliphatic rings. The van der Waals surface area contributed by atoms with Crippen molar-refractivity contribution in [2.45, 2.75) is 46.1 Å². The van der Waals surface area contributed by atoms with E-state index >= 15 is 0 Å². The molecule has 27 heavy (non-hydrogen) atoms. The Morgan fingerprint density at radius 1 is 1.33 bits per heavy atom. The monoisotopic (exact) mass is 390 g/mol. The minimum absolute atomic E-state index is 0.403. The van der Waals surface area contributed by atoms with Crippen LogP contribution in [0.25, 0.3) is 0 Å². The number of aliphatic imine (C=N–C) groups is 1. The zero-order chi connectivity index (χ0) is 19.1. The lowest BCUT2D eigenvalue weighted by Crippen LogP contribution is -2.54. The summed E-state index contributed by atoms with van der Waals surface area (Å²) < 4.78 is 9.83. The summed E-state index contributed by atoms with van der Waals surface area (Å²) in [7, 11) is 0. The standard InChI is InChI=1S/C19H30N6OS/c1-4-15(3)21-18(20-9-8-16-7-6-14-26-16)24-10-12-25(13-11-24)19-22-17(5-2)23-27-19/h6-7,14-15H,4-5,8-13H2,1-3H3,(H,20,21). The van der Waals surface area contributed by atoms with E-state index in [0.717, 1.165) is 74.7 Å². The number of aryl methyl sites for hydroxylation is 1. The molecule has 3 heterocycles. The molecule has 1 aliphatic heterocycles. The van der Waals surface area contributed by atoms with E-state index in [1.54, 1.807) is 6.26 Å². The Morgan fingerprint density at radius 3 is 2.78 bits per heavy atom. The van der Waals surface area contributed by atoms with Gasteiger partial charge in [-0.15, -0.1) is 0 Å². The zero-order valence-electron chi connectivity index (χ0n) is 16.5. The normalized spacial score (nSPS) is 16.6. The summed E-state index contributed by atoms with van der Waals surface area (Å²) in [5.74, 6) is 2.92. The van der Waals surface area contributed by atoms with Crippen molar-refractivity contribution in [2.75, 3.05) is 37.6 Å². The molecular formula is C19H30N6OS. The third kappa shape index (κ3) is 5.45. The first-order chi connectivity index (χ1) is 13.2. The van der Waals surface area contributed by atoms with Crippen LogP contribution in [0.4, 0.5) is 5.13 Å². The van der Waals surface area contributed by atoms with Gasteiger partial charge in [-0.25, -0.2) is 4.98 Å². The van der Waals surface area contributed by atoms with Crippen molar-refractivity contribution in [1.29, 1.82) is 0 Å². The highest BCUT2D eigenvalue weighted by Gasteiger charge is 2.22. The zero-order valence-corrected chi connectivity index (χ0v) is 17.3. The number of rotatable bonds is 7. The molecule has 0 saturated carbocycles. The average molecular weight is 391 g/mol. The van der Waals surface area contributed by atoms with Gasteiger partial charge in [0.1, 0.15) is 11.6 Å². The van der Waals surface area contributed by atoms with E-state index in [1.807, 2.05) is 12.1 Å². The van der Waals surface area contributed by atoms with Crippen LogP contribution in [-0.4, -0.2) is 59.0 Å². The molecule has 0 aromatic carbocycles.